The maximum atomic E-state index is 10.3. The fraction of sp³-hybridized carbons (Fsp3) is 0.571. The van der Waals surface area contributed by atoms with Gasteiger partial charge in [-0.05, 0) is 0 Å². The number of rotatable bonds is 4. The van der Waals surface area contributed by atoms with Crippen LogP contribution in [0.3, 0.4) is 0 Å². The number of nitrogens with zero attached hydrogens (tertiary/aromatic N) is 6. The second kappa shape index (κ2) is 5.45. The average molecular weight is 334 g/mol. The molecule has 0 aliphatic carbocycles. The molecule has 2 aliphatic heterocycles. The minimum atomic E-state index is -1.09. The van der Waals surface area contributed by atoms with Crippen molar-refractivity contribution in [1.82, 2.24) is 24.4 Å². The quantitative estimate of drug-likeness (QED) is 0.544. The highest BCUT2D eigenvalue weighted by Crippen LogP contribution is 2.45. The van der Waals surface area contributed by atoms with Gasteiger partial charge in [0.25, 0.3) is 5.95 Å². The molecule has 1 unspecified atom stereocenters. The first-order valence-corrected chi connectivity index (χ1v) is 7.53. The van der Waals surface area contributed by atoms with E-state index in [4.69, 9.17) is 9.47 Å². The number of aliphatic hydroxyl groups excluding tert-OH is 2. The number of aliphatic imine (C=N–C) groups is 1. The normalized spacial score (nSPS) is 32.2. The monoisotopic (exact) mass is 334 g/mol. The van der Waals surface area contributed by atoms with Gasteiger partial charge in [-0.2, -0.15) is 4.98 Å². The van der Waals surface area contributed by atoms with Crippen LogP contribution in [-0.4, -0.2) is 86.1 Å². The zero-order valence-corrected chi connectivity index (χ0v) is 13.3. The maximum Gasteiger partial charge on any atom is 0.252 e. The lowest BCUT2D eigenvalue weighted by Gasteiger charge is -2.29. The summed E-state index contributed by atoms with van der Waals surface area (Å²) >= 11 is 0. The Morgan fingerprint density at radius 1 is 1.50 bits per heavy atom. The van der Waals surface area contributed by atoms with E-state index in [1.54, 1.807) is 28.3 Å². The zero-order valence-electron chi connectivity index (χ0n) is 13.3. The molecule has 2 saturated heterocycles. The van der Waals surface area contributed by atoms with Gasteiger partial charge < -0.3 is 24.6 Å². The zero-order chi connectivity index (χ0) is 16.9. The number of aromatic nitrogens is 4. The van der Waals surface area contributed by atoms with E-state index in [1.165, 1.54) is 0 Å². The molecule has 0 aromatic carbocycles. The van der Waals surface area contributed by atoms with Crippen LogP contribution < -0.4 is 0 Å². The van der Waals surface area contributed by atoms with Gasteiger partial charge in [0.15, 0.2) is 11.9 Å². The van der Waals surface area contributed by atoms with Gasteiger partial charge in [-0.25, -0.2) is 15.0 Å². The maximum absolute atomic E-state index is 10.3. The van der Waals surface area contributed by atoms with E-state index in [2.05, 4.69) is 19.9 Å². The molecule has 4 rings (SSSR count). The molecule has 24 heavy (non-hydrogen) atoms. The number of ether oxygens (including phenoxy) is 2. The van der Waals surface area contributed by atoms with Crippen molar-refractivity contribution in [2.24, 2.45) is 4.99 Å². The third-order valence-corrected chi connectivity index (χ3v) is 4.26. The van der Waals surface area contributed by atoms with Crippen LogP contribution in [0.2, 0.25) is 0 Å². The second-order valence-corrected chi connectivity index (χ2v) is 6.19. The highest BCUT2D eigenvalue weighted by atomic mass is 16.7. The van der Waals surface area contributed by atoms with E-state index >= 15 is 0 Å². The number of fused-ring (bicyclic) bond motifs is 3. The molecule has 10 heteroatoms. The molecule has 0 spiro atoms. The third-order valence-electron chi connectivity index (χ3n) is 4.26. The lowest BCUT2D eigenvalue weighted by molar-refractivity contribution is -0.185. The Labute approximate surface area is 137 Å². The van der Waals surface area contributed by atoms with Crippen molar-refractivity contribution < 1.29 is 19.7 Å². The minimum Gasteiger partial charge on any atom is -0.393 e. The summed E-state index contributed by atoms with van der Waals surface area (Å²) in [4.78, 5) is 18.7. The summed E-state index contributed by atoms with van der Waals surface area (Å²) in [7, 11) is 3.70. The molecule has 2 aromatic heterocycles. The molecule has 2 aromatic rings. The van der Waals surface area contributed by atoms with Crippen molar-refractivity contribution in [3.05, 3.63) is 12.5 Å². The molecule has 4 atom stereocenters. The molecule has 4 heterocycles. The number of hydrogen-bond acceptors (Lipinski definition) is 8. The summed E-state index contributed by atoms with van der Waals surface area (Å²) < 4.78 is 13.2. The van der Waals surface area contributed by atoms with Crippen LogP contribution in [0.4, 0.5) is 5.95 Å². The van der Waals surface area contributed by atoms with Crippen molar-refractivity contribution in [2.75, 3.05) is 27.3 Å². The number of aliphatic hydroxyl groups is 2. The third kappa shape index (κ3) is 2.18. The van der Waals surface area contributed by atoms with Gasteiger partial charge >= 0.3 is 0 Å². The topological polar surface area (TPSA) is 118 Å². The van der Waals surface area contributed by atoms with E-state index in [1.807, 2.05) is 14.1 Å². The summed E-state index contributed by atoms with van der Waals surface area (Å²) in [5.74, 6) is 0.291. The van der Waals surface area contributed by atoms with Crippen LogP contribution in [0.1, 0.15) is 6.23 Å². The molecule has 10 nitrogen and oxygen atoms in total. The smallest absolute Gasteiger partial charge is 0.252 e. The molecular weight excluding hydrogens is 316 g/mol. The van der Waals surface area contributed by atoms with Crippen LogP contribution in [0.25, 0.3) is 11.2 Å². The predicted octanol–water partition coefficient (Wildman–Crippen LogP) is -0.933. The molecular formula is C14H18N6O4. The van der Waals surface area contributed by atoms with Gasteiger partial charge in [-0.1, -0.05) is 0 Å². The molecule has 0 saturated carbocycles. The second-order valence-electron chi connectivity index (χ2n) is 6.19. The first-order chi connectivity index (χ1) is 11.5. The number of hydrogen-bond donors (Lipinski definition) is 2. The van der Waals surface area contributed by atoms with Gasteiger partial charge in [0, 0.05) is 14.1 Å². The van der Waals surface area contributed by atoms with Crippen molar-refractivity contribution in [1.29, 1.82) is 0 Å². The SMILES string of the molecule is CN(C)C=Nc1ncc2ncn([C@@H]3O[C@@]4(CO)COC3[C@H]4O)c2n1. The Morgan fingerprint density at radius 3 is 3.04 bits per heavy atom. The highest BCUT2D eigenvalue weighted by Gasteiger charge is 2.61. The van der Waals surface area contributed by atoms with Crippen molar-refractivity contribution in [2.45, 2.75) is 24.0 Å². The average Bonchev–Trinajstić information content (AvgIpc) is 3.22. The minimum absolute atomic E-state index is 0.159. The van der Waals surface area contributed by atoms with Gasteiger partial charge in [-0.3, -0.25) is 4.57 Å². The van der Waals surface area contributed by atoms with Gasteiger partial charge in [-0.15, -0.1) is 0 Å². The Balaban J connectivity index is 1.71. The summed E-state index contributed by atoms with van der Waals surface area (Å²) in [5, 5.41) is 19.9. The number of imidazole rings is 1. The lowest BCUT2D eigenvalue weighted by Crippen LogP contribution is -2.44. The summed E-state index contributed by atoms with van der Waals surface area (Å²) in [6, 6.07) is 0. The first kappa shape index (κ1) is 15.4. The molecule has 2 aliphatic rings. The molecule has 128 valence electrons. The first-order valence-electron chi connectivity index (χ1n) is 7.53. The standard InChI is InChI=1S/C14H18N6O4/c1-19(2)6-17-13-15-3-8-11(18-13)20(7-16-8)12-9-10(22)14(4-21,24-12)5-23-9/h3,6-7,9-10,12,21-22H,4-5H2,1-2H3/t9?,10-,12-,14+/m1/s1. The van der Waals surface area contributed by atoms with Crippen LogP contribution in [0.15, 0.2) is 17.5 Å². The summed E-state index contributed by atoms with van der Waals surface area (Å²) in [6.07, 6.45) is 2.63. The van der Waals surface area contributed by atoms with Gasteiger partial charge in [0.05, 0.1) is 32.1 Å². The van der Waals surface area contributed by atoms with E-state index < -0.39 is 24.0 Å². The Morgan fingerprint density at radius 2 is 2.33 bits per heavy atom. The lowest BCUT2D eigenvalue weighted by atomic mass is 10.0. The summed E-state index contributed by atoms with van der Waals surface area (Å²) in [6.45, 7) is -0.160. The molecule has 0 amide bonds. The van der Waals surface area contributed by atoms with Gasteiger partial charge in [0.1, 0.15) is 23.3 Å². The van der Waals surface area contributed by atoms with Crippen LogP contribution in [0, 0.1) is 0 Å². The van der Waals surface area contributed by atoms with E-state index in [0.717, 1.165) is 0 Å². The Bertz CT molecular complexity index is 793. The Kier molecular flexibility index (Phi) is 3.49. The molecule has 0 radical (unpaired) electrons. The fourth-order valence-electron chi connectivity index (χ4n) is 2.99. The van der Waals surface area contributed by atoms with E-state index in [-0.39, 0.29) is 13.2 Å². The van der Waals surface area contributed by atoms with E-state index in [9.17, 15) is 10.2 Å². The predicted molar refractivity (Wildman–Crippen MR) is 82.8 cm³/mol. The highest BCUT2D eigenvalue weighted by molar-refractivity contribution is 5.71. The molecule has 2 N–H and O–H groups in total. The molecule has 2 fully saturated rings. The van der Waals surface area contributed by atoms with Gasteiger partial charge in [0.2, 0.25) is 0 Å². The van der Waals surface area contributed by atoms with E-state index in [0.29, 0.717) is 17.1 Å². The van der Waals surface area contributed by atoms with Crippen LogP contribution in [-0.2, 0) is 9.47 Å². The van der Waals surface area contributed by atoms with Crippen molar-refractivity contribution >= 4 is 23.5 Å². The van der Waals surface area contributed by atoms with Crippen molar-refractivity contribution in [3.63, 3.8) is 0 Å². The summed E-state index contributed by atoms with van der Waals surface area (Å²) in [5.41, 5.74) is 0.0141. The van der Waals surface area contributed by atoms with Crippen LogP contribution >= 0.6 is 0 Å². The van der Waals surface area contributed by atoms with Crippen LogP contribution in [0.5, 0.6) is 0 Å². The largest absolute Gasteiger partial charge is 0.393 e. The molecule has 2 bridgehead atoms. The fourth-order valence-corrected chi connectivity index (χ4v) is 2.99. The Hall–Kier alpha value is -2.14. The van der Waals surface area contributed by atoms with Crippen molar-refractivity contribution in [3.8, 4) is 0 Å².